The highest BCUT2D eigenvalue weighted by Gasteiger charge is 2.28. The Kier molecular flexibility index (Phi) is 3.44. The third-order valence-corrected chi connectivity index (χ3v) is 3.43. The van der Waals surface area contributed by atoms with Crippen LogP contribution in [0.4, 0.5) is 0 Å². The topological polar surface area (TPSA) is 63.3 Å². The first-order valence-corrected chi connectivity index (χ1v) is 5.62. The molecule has 0 aliphatic rings. The maximum absolute atomic E-state index is 10.8. The summed E-state index contributed by atoms with van der Waals surface area (Å²) in [4.78, 5) is 15.0. The molecule has 0 saturated carbocycles. The summed E-state index contributed by atoms with van der Waals surface area (Å²) in [6, 6.07) is 0. The molecule has 4 nitrogen and oxygen atoms in total. The number of oxazole rings is 1. The molecule has 84 valence electrons. The molecule has 5 heteroatoms. The number of thioether (sulfide) groups is 1. The van der Waals surface area contributed by atoms with Gasteiger partial charge in [-0.15, -0.1) is 11.8 Å². The number of carbonyl (C=O) groups is 1. The minimum absolute atomic E-state index is 0.480. The molecule has 1 rings (SSSR count). The third kappa shape index (κ3) is 2.99. The highest BCUT2D eigenvalue weighted by Crippen LogP contribution is 2.28. The highest BCUT2D eigenvalue weighted by molar-refractivity contribution is 8.00. The van der Waals surface area contributed by atoms with Gasteiger partial charge >= 0.3 is 5.97 Å². The van der Waals surface area contributed by atoms with Crippen LogP contribution in [-0.4, -0.2) is 20.8 Å². The molecule has 0 fully saturated rings. The number of hydrogen-bond acceptors (Lipinski definition) is 4. The Hall–Kier alpha value is -0.970. The summed E-state index contributed by atoms with van der Waals surface area (Å²) in [5, 5.41) is 8.91. The van der Waals surface area contributed by atoms with Gasteiger partial charge in [0.2, 0.25) is 5.89 Å². The number of hydrogen-bond donors (Lipinski definition) is 1. The van der Waals surface area contributed by atoms with Crippen LogP contribution in [0.1, 0.15) is 31.2 Å². The van der Waals surface area contributed by atoms with E-state index in [1.165, 1.54) is 11.8 Å². The molecule has 0 spiro atoms. The molecule has 0 bridgehead atoms. The minimum Gasteiger partial charge on any atom is -0.480 e. The van der Waals surface area contributed by atoms with Crippen molar-refractivity contribution in [3.05, 3.63) is 17.3 Å². The zero-order chi connectivity index (χ0) is 11.6. The summed E-state index contributed by atoms with van der Waals surface area (Å²) in [5.41, 5.74) is 0.860. The Bertz CT molecular complexity index is 351. The third-order valence-electron chi connectivity index (χ3n) is 2.14. The highest BCUT2D eigenvalue weighted by atomic mass is 32.2. The first-order chi connectivity index (χ1) is 6.83. The first-order valence-electron chi connectivity index (χ1n) is 4.63. The number of aryl methyl sites for hydroxylation is 2. The van der Waals surface area contributed by atoms with E-state index >= 15 is 0 Å². The van der Waals surface area contributed by atoms with Crippen molar-refractivity contribution in [2.75, 3.05) is 0 Å². The molecular formula is C10H15NO3S. The Morgan fingerprint density at radius 2 is 2.13 bits per heavy atom. The molecule has 1 aromatic heterocycles. The second-order valence-corrected chi connectivity index (χ2v) is 5.45. The molecule has 0 aromatic carbocycles. The van der Waals surface area contributed by atoms with E-state index in [1.54, 1.807) is 13.8 Å². The molecule has 1 N–H and O–H groups in total. The summed E-state index contributed by atoms with van der Waals surface area (Å²) in [6.07, 6.45) is 0. The van der Waals surface area contributed by atoms with Gasteiger partial charge in [-0.05, 0) is 27.7 Å². The number of carboxylic acid groups (broad SMARTS) is 1. The molecule has 0 amide bonds. The van der Waals surface area contributed by atoms with Gasteiger partial charge in [-0.25, -0.2) is 4.98 Å². The van der Waals surface area contributed by atoms with E-state index in [9.17, 15) is 4.79 Å². The van der Waals surface area contributed by atoms with Crippen LogP contribution in [0.5, 0.6) is 0 Å². The van der Waals surface area contributed by atoms with Gasteiger partial charge in [0.25, 0.3) is 0 Å². The molecule has 0 radical (unpaired) electrons. The van der Waals surface area contributed by atoms with Gasteiger partial charge in [0.15, 0.2) is 0 Å². The number of rotatable bonds is 4. The number of nitrogens with zero attached hydrogens (tertiary/aromatic N) is 1. The van der Waals surface area contributed by atoms with Crippen LogP contribution in [0.3, 0.4) is 0 Å². The maximum Gasteiger partial charge on any atom is 0.319 e. The van der Waals surface area contributed by atoms with Crippen LogP contribution in [0, 0.1) is 13.8 Å². The van der Waals surface area contributed by atoms with E-state index in [0.717, 1.165) is 11.5 Å². The Morgan fingerprint density at radius 1 is 1.53 bits per heavy atom. The van der Waals surface area contributed by atoms with Crippen molar-refractivity contribution in [2.24, 2.45) is 0 Å². The lowest BCUT2D eigenvalue weighted by Gasteiger charge is -2.16. The van der Waals surface area contributed by atoms with Crippen LogP contribution in [0.2, 0.25) is 0 Å². The molecule has 1 heterocycles. The van der Waals surface area contributed by atoms with Crippen molar-refractivity contribution in [3.63, 3.8) is 0 Å². The van der Waals surface area contributed by atoms with E-state index < -0.39 is 10.7 Å². The summed E-state index contributed by atoms with van der Waals surface area (Å²) in [7, 11) is 0. The Balaban J connectivity index is 2.61. The summed E-state index contributed by atoms with van der Waals surface area (Å²) in [6.45, 7) is 7.06. The first kappa shape index (κ1) is 12.1. The summed E-state index contributed by atoms with van der Waals surface area (Å²) < 4.78 is 4.56. The zero-order valence-electron chi connectivity index (χ0n) is 9.33. The van der Waals surface area contributed by atoms with Crippen molar-refractivity contribution in [1.82, 2.24) is 4.98 Å². The van der Waals surface area contributed by atoms with Crippen LogP contribution >= 0.6 is 11.8 Å². The van der Waals surface area contributed by atoms with Crippen molar-refractivity contribution in [3.8, 4) is 0 Å². The molecule has 0 saturated heterocycles. The zero-order valence-corrected chi connectivity index (χ0v) is 10.1. The van der Waals surface area contributed by atoms with Crippen molar-refractivity contribution >= 4 is 17.7 Å². The van der Waals surface area contributed by atoms with Crippen LogP contribution < -0.4 is 0 Å². The standard InChI is InChI=1S/C10H15NO3S/c1-6-7(2)14-8(11-6)5-15-10(3,4)9(12)13/h5H2,1-4H3,(H,12,13). The van der Waals surface area contributed by atoms with E-state index in [-0.39, 0.29) is 0 Å². The molecule has 0 atom stereocenters. The molecule has 0 aliphatic carbocycles. The SMILES string of the molecule is Cc1nc(CSC(C)(C)C(=O)O)oc1C. The van der Waals surface area contributed by atoms with Gasteiger partial charge < -0.3 is 9.52 Å². The smallest absolute Gasteiger partial charge is 0.319 e. The lowest BCUT2D eigenvalue weighted by molar-refractivity contribution is -0.138. The fraction of sp³-hybridized carbons (Fsp3) is 0.600. The van der Waals surface area contributed by atoms with Crippen molar-refractivity contribution in [1.29, 1.82) is 0 Å². The largest absolute Gasteiger partial charge is 0.480 e. The number of aromatic nitrogens is 1. The van der Waals surface area contributed by atoms with E-state index in [4.69, 9.17) is 9.52 Å². The predicted molar refractivity (Wildman–Crippen MR) is 59.0 cm³/mol. The number of carboxylic acids is 1. The lowest BCUT2D eigenvalue weighted by atomic mass is 10.2. The average molecular weight is 229 g/mol. The maximum atomic E-state index is 10.8. The van der Waals surface area contributed by atoms with Gasteiger partial charge in [0.1, 0.15) is 10.5 Å². The number of aliphatic carboxylic acids is 1. The van der Waals surface area contributed by atoms with Crippen LogP contribution in [0.25, 0.3) is 0 Å². The van der Waals surface area contributed by atoms with E-state index in [1.807, 2.05) is 13.8 Å². The molecule has 15 heavy (non-hydrogen) atoms. The van der Waals surface area contributed by atoms with Gasteiger partial charge in [0.05, 0.1) is 11.4 Å². The van der Waals surface area contributed by atoms with Gasteiger partial charge in [-0.3, -0.25) is 4.79 Å². The minimum atomic E-state index is -0.826. The van der Waals surface area contributed by atoms with Gasteiger partial charge in [0, 0.05) is 0 Å². The monoisotopic (exact) mass is 229 g/mol. The van der Waals surface area contributed by atoms with Crippen molar-refractivity contribution < 1.29 is 14.3 Å². The van der Waals surface area contributed by atoms with Gasteiger partial charge in [-0.1, -0.05) is 0 Å². The summed E-state index contributed by atoms with van der Waals surface area (Å²) >= 11 is 1.31. The lowest BCUT2D eigenvalue weighted by Crippen LogP contribution is -2.27. The van der Waals surface area contributed by atoms with E-state index in [2.05, 4.69) is 4.98 Å². The van der Waals surface area contributed by atoms with Crippen molar-refractivity contribution in [2.45, 2.75) is 38.2 Å². The molecular weight excluding hydrogens is 214 g/mol. The second-order valence-electron chi connectivity index (χ2n) is 3.85. The average Bonchev–Trinajstić information content (AvgIpc) is 2.43. The Labute approximate surface area is 93.1 Å². The Morgan fingerprint density at radius 3 is 2.53 bits per heavy atom. The van der Waals surface area contributed by atoms with Crippen LogP contribution in [0.15, 0.2) is 4.42 Å². The van der Waals surface area contributed by atoms with Crippen LogP contribution in [-0.2, 0) is 10.5 Å². The van der Waals surface area contributed by atoms with E-state index in [0.29, 0.717) is 11.6 Å². The fourth-order valence-electron chi connectivity index (χ4n) is 0.905. The van der Waals surface area contributed by atoms with Gasteiger partial charge in [-0.2, -0.15) is 0 Å². The second kappa shape index (κ2) is 4.26. The summed E-state index contributed by atoms with van der Waals surface area (Å²) in [5.74, 6) is 1.03. The molecule has 0 unspecified atom stereocenters. The fourth-order valence-corrected chi connectivity index (χ4v) is 1.64. The quantitative estimate of drug-likeness (QED) is 0.858. The normalized spacial score (nSPS) is 11.7. The molecule has 1 aromatic rings. The predicted octanol–water partition coefficient (Wildman–Crippen LogP) is 2.39. The molecule has 0 aliphatic heterocycles.